The summed E-state index contributed by atoms with van der Waals surface area (Å²) in [6.07, 6.45) is 11.4. The standard InChI is InChI=1S/C28H48O3/c1-17(2)18(3)7-8-19(4)22-9-10-23-21-15-25(30)28(31)16-20(29)11-14-27(28,6)24(21)12-13-26(22,23)5/h7-8,17-25,29-31H,9-16H2,1-6H3/b8-7+/t18?,19-,20+,21?,22?,23?,24?,25+,26-,27-,28+/m1/s1. The lowest BCUT2D eigenvalue weighted by Crippen LogP contribution is -2.68. The van der Waals surface area contributed by atoms with Gasteiger partial charge >= 0.3 is 0 Å². The van der Waals surface area contributed by atoms with Crippen molar-refractivity contribution in [3.63, 3.8) is 0 Å². The summed E-state index contributed by atoms with van der Waals surface area (Å²) in [5.41, 5.74) is -1.06. The molecule has 0 spiro atoms. The lowest BCUT2D eigenvalue weighted by Gasteiger charge is -2.65. The van der Waals surface area contributed by atoms with Crippen molar-refractivity contribution in [3.8, 4) is 0 Å². The average molecular weight is 433 g/mol. The van der Waals surface area contributed by atoms with Crippen molar-refractivity contribution in [3.05, 3.63) is 12.2 Å². The van der Waals surface area contributed by atoms with Gasteiger partial charge in [0, 0.05) is 11.8 Å². The van der Waals surface area contributed by atoms with Crippen LogP contribution in [0.15, 0.2) is 12.2 Å². The zero-order chi connectivity index (χ0) is 22.8. The quantitative estimate of drug-likeness (QED) is 0.509. The van der Waals surface area contributed by atoms with Crippen LogP contribution in [0.2, 0.25) is 0 Å². The molecule has 4 fully saturated rings. The van der Waals surface area contributed by atoms with Crippen LogP contribution < -0.4 is 0 Å². The molecule has 3 N–H and O–H groups in total. The molecule has 3 heteroatoms. The van der Waals surface area contributed by atoms with Crippen LogP contribution >= 0.6 is 0 Å². The van der Waals surface area contributed by atoms with Crippen LogP contribution in [0.25, 0.3) is 0 Å². The minimum Gasteiger partial charge on any atom is -0.393 e. The summed E-state index contributed by atoms with van der Waals surface area (Å²) in [4.78, 5) is 0. The van der Waals surface area contributed by atoms with Crippen LogP contribution in [-0.4, -0.2) is 33.1 Å². The molecule has 0 aromatic carbocycles. The molecule has 0 aromatic heterocycles. The van der Waals surface area contributed by atoms with Gasteiger partial charge in [0.2, 0.25) is 0 Å². The third-order valence-corrected chi connectivity index (χ3v) is 11.3. The van der Waals surface area contributed by atoms with Gasteiger partial charge in [-0.3, -0.25) is 0 Å². The Hall–Kier alpha value is -0.380. The van der Waals surface area contributed by atoms with Crippen LogP contribution in [0.4, 0.5) is 0 Å². The van der Waals surface area contributed by atoms with E-state index in [-0.39, 0.29) is 5.41 Å². The second-order valence-corrected chi connectivity index (χ2v) is 12.9. The normalized spacial score (nSPS) is 51.9. The van der Waals surface area contributed by atoms with Gasteiger partial charge in [0.05, 0.1) is 17.8 Å². The molecular weight excluding hydrogens is 384 g/mol. The maximum atomic E-state index is 11.6. The van der Waals surface area contributed by atoms with Crippen molar-refractivity contribution < 1.29 is 15.3 Å². The first kappa shape index (κ1) is 23.8. The molecule has 0 amide bonds. The van der Waals surface area contributed by atoms with E-state index in [4.69, 9.17) is 0 Å². The van der Waals surface area contributed by atoms with E-state index < -0.39 is 17.8 Å². The molecule has 0 bridgehead atoms. The van der Waals surface area contributed by atoms with Gasteiger partial charge in [-0.1, -0.05) is 53.7 Å². The molecule has 4 saturated carbocycles. The number of aliphatic hydroxyl groups is 3. The highest BCUT2D eigenvalue weighted by Crippen LogP contribution is 2.69. The lowest BCUT2D eigenvalue weighted by molar-refractivity contribution is -0.264. The van der Waals surface area contributed by atoms with Crippen molar-refractivity contribution >= 4 is 0 Å². The third-order valence-electron chi connectivity index (χ3n) is 11.3. The molecule has 0 aliphatic heterocycles. The fourth-order valence-corrected chi connectivity index (χ4v) is 8.87. The van der Waals surface area contributed by atoms with Gasteiger partial charge in [-0.15, -0.1) is 0 Å². The highest BCUT2D eigenvalue weighted by atomic mass is 16.3. The summed E-state index contributed by atoms with van der Waals surface area (Å²) in [5, 5.41) is 33.1. The molecule has 3 nitrogen and oxygen atoms in total. The van der Waals surface area contributed by atoms with Crippen molar-refractivity contribution in [1.82, 2.24) is 0 Å². The Bertz CT molecular complexity index is 688. The van der Waals surface area contributed by atoms with Crippen molar-refractivity contribution in [2.45, 2.75) is 111 Å². The molecule has 5 unspecified atom stereocenters. The van der Waals surface area contributed by atoms with E-state index in [0.717, 1.165) is 19.3 Å². The zero-order valence-electron chi connectivity index (χ0n) is 20.8. The van der Waals surface area contributed by atoms with Gasteiger partial charge in [-0.05, 0) is 91.8 Å². The molecule has 4 aliphatic carbocycles. The summed E-state index contributed by atoms with van der Waals surface area (Å²) < 4.78 is 0. The molecule has 4 aliphatic rings. The highest BCUT2D eigenvalue weighted by Gasteiger charge is 2.67. The van der Waals surface area contributed by atoms with Crippen LogP contribution in [0.1, 0.15) is 92.9 Å². The molecule has 0 radical (unpaired) electrons. The van der Waals surface area contributed by atoms with Gasteiger partial charge in [-0.2, -0.15) is 0 Å². The van der Waals surface area contributed by atoms with E-state index in [1.165, 1.54) is 19.3 Å². The Morgan fingerprint density at radius 2 is 1.58 bits per heavy atom. The smallest absolute Gasteiger partial charge is 0.0985 e. The van der Waals surface area contributed by atoms with Gasteiger partial charge < -0.3 is 15.3 Å². The topological polar surface area (TPSA) is 60.7 Å². The average Bonchev–Trinajstić information content (AvgIpc) is 3.05. The first-order valence-electron chi connectivity index (χ1n) is 13.2. The predicted molar refractivity (Wildman–Crippen MR) is 126 cm³/mol. The third kappa shape index (κ3) is 3.56. The monoisotopic (exact) mass is 432 g/mol. The van der Waals surface area contributed by atoms with E-state index in [0.29, 0.717) is 59.7 Å². The molecule has 0 aromatic rings. The Balaban J connectivity index is 1.56. The molecule has 11 atom stereocenters. The number of aliphatic hydroxyl groups excluding tert-OH is 2. The van der Waals surface area contributed by atoms with Gasteiger partial charge in [-0.25, -0.2) is 0 Å². The van der Waals surface area contributed by atoms with Crippen molar-refractivity contribution in [2.75, 3.05) is 0 Å². The Labute approximate surface area is 190 Å². The maximum absolute atomic E-state index is 11.6. The largest absolute Gasteiger partial charge is 0.393 e. The van der Waals surface area contributed by atoms with Crippen LogP contribution in [-0.2, 0) is 0 Å². The molecule has 0 saturated heterocycles. The fraction of sp³-hybridized carbons (Fsp3) is 0.929. The van der Waals surface area contributed by atoms with Crippen LogP contribution in [0.3, 0.4) is 0 Å². The summed E-state index contributed by atoms with van der Waals surface area (Å²) in [6.45, 7) is 14.1. The van der Waals surface area contributed by atoms with Gasteiger partial charge in [0.25, 0.3) is 0 Å². The first-order valence-corrected chi connectivity index (χ1v) is 13.2. The maximum Gasteiger partial charge on any atom is 0.0985 e. The molecule has 31 heavy (non-hydrogen) atoms. The molecule has 0 heterocycles. The van der Waals surface area contributed by atoms with Crippen LogP contribution in [0.5, 0.6) is 0 Å². The van der Waals surface area contributed by atoms with E-state index in [1.54, 1.807) is 0 Å². The lowest BCUT2D eigenvalue weighted by atomic mass is 9.42. The summed E-state index contributed by atoms with van der Waals surface area (Å²) >= 11 is 0. The number of fused-ring (bicyclic) bond motifs is 5. The molecular formula is C28H48O3. The number of allylic oxidation sites excluding steroid dienone is 2. The minimum absolute atomic E-state index is 0.272. The van der Waals surface area contributed by atoms with Gasteiger partial charge in [0.15, 0.2) is 0 Å². The fourth-order valence-electron chi connectivity index (χ4n) is 8.87. The Morgan fingerprint density at radius 3 is 2.26 bits per heavy atom. The molecule has 4 rings (SSSR count). The SMILES string of the molecule is CC(C)C(C)/C=C/[C@@H](C)C1CCC2C3C[C@H](O)[C@@]4(O)C[C@@H](O)CC[C@]4(C)C3CC[C@@]21C. The van der Waals surface area contributed by atoms with Gasteiger partial charge in [0.1, 0.15) is 0 Å². The second kappa shape index (κ2) is 8.13. The zero-order valence-corrected chi connectivity index (χ0v) is 20.8. The first-order chi connectivity index (χ1) is 14.4. The number of hydrogen-bond donors (Lipinski definition) is 3. The Morgan fingerprint density at radius 1 is 0.871 bits per heavy atom. The number of rotatable bonds is 4. The van der Waals surface area contributed by atoms with E-state index >= 15 is 0 Å². The Kier molecular flexibility index (Phi) is 6.24. The highest BCUT2D eigenvalue weighted by molar-refractivity contribution is 5.17. The second-order valence-electron chi connectivity index (χ2n) is 12.9. The van der Waals surface area contributed by atoms with E-state index in [9.17, 15) is 15.3 Å². The predicted octanol–water partition coefficient (Wildman–Crippen LogP) is 5.58. The summed E-state index contributed by atoms with van der Waals surface area (Å²) in [6, 6.07) is 0. The minimum atomic E-state index is -1.12. The number of hydrogen-bond acceptors (Lipinski definition) is 3. The van der Waals surface area contributed by atoms with Crippen molar-refractivity contribution in [1.29, 1.82) is 0 Å². The van der Waals surface area contributed by atoms with E-state index in [1.807, 2.05) is 0 Å². The van der Waals surface area contributed by atoms with E-state index in [2.05, 4.69) is 53.7 Å². The molecule has 178 valence electrons. The van der Waals surface area contributed by atoms with Crippen molar-refractivity contribution in [2.24, 2.45) is 52.3 Å². The van der Waals surface area contributed by atoms with Crippen LogP contribution in [0, 0.1) is 52.3 Å². The summed E-state index contributed by atoms with van der Waals surface area (Å²) in [7, 11) is 0. The summed E-state index contributed by atoms with van der Waals surface area (Å²) in [5.74, 6) is 4.24.